The number of cyclic esters (lactones) is 1. The monoisotopic (exact) mass is 319 g/mol. The Labute approximate surface area is 117 Å². The fourth-order valence-corrected chi connectivity index (χ4v) is 2.76. The maximum Gasteiger partial charge on any atom is 0.416 e. The lowest BCUT2D eigenvalue weighted by Crippen LogP contribution is -2.46. The third-order valence-electron chi connectivity index (χ3n) is 3.41. The van der Waals surface area contributed by atoms with E-state index in [2.05, 4.69) is 22.9 Å². The van der Waals surface area contributed by atoms with Crippen LogP contribution < -0.4 is 0 Å². The summed E-state index contributed by atoms with van der Waals surface area (Å²) in [4.78, 5) is 25.5. The van der Waals surface area contributed by atoms with Crippen LogP contribution in [0.3, 0.4) is 0 Å². The Morgan fingerprint density at radius 1 is 1.50 bits per heavy atom. The van der Waals surface area contributed by atoms with Gasteiger partial charge in [-0.25, -0.2) is 9.69 Å². The van der Waals surface area contributed by atoms with Crippen molar-refractivity contribution in [1.29, 1.82) is 0 Å². The third kappa shape index (κ3) is 3.25. The number of rotatable bonds is 5. The molecule has 0 unspecified atom stereocenters. The first kappa shape index (κ1) is 15.5. The molecule has 18 heavy (non-hydrogen) atoms. The number of carbonyl (C=O) groups excluding carboxylic acids is 2. The first-order valence-electron chi connectivity index (χ1n) is 6.54. The van der Waals surface area contributed by atoms with Crippen molar-refractivity contribution in [2.75, 3.05) is 6.61 Å². The molecule has 0 bridgehead atoms. The van der Waals surface area contributed by atoms with Gasteiger partial charge in [0.2, 0.25) is 5.91 Å². The smallest absolute Gasteiger partial charge is 0.416 e. The zero-order chi connectivity index (χ0) is 13.9. The molecule has 1 heterocycles. The molecule has 1 fully saturated rings. The van der Waals surface area contributed by atoms with E-state index in [9.17, 15) is 9.59 Å². The Kier molecular flexibility index (Phi) is 5.63. The fourth-order valence-electron chi connectivity index (χ4n) is 2.08. The number of amides is 2. The number of carbonyl (C=O) groups is 2. The number of nitrogens with zero attached hydrogens (tertiary/aromatic N) is 1. The van der Waals surface area contributed by atoms with Crippen LogP contribution in [-0.4, -0.2) is 34.4 Å². The summed E-state index contributed by atoms with van der Waals surface area (Å²) in [5.74, 6) is -0.129. The van der Waals surface area contributed by atoms with E-state index >= 15 is 0 Å². The second-order valence-corrected chi connectivity index (χ2v) is 6.37. The van der Waals surface area contributed by atoms with Gasteiger partial charge < -0.3 is 4.74 Å². The summed E-state index contributed by atoms with van der Waals surface area (Å²) in [6, 6.07) is -0.131. The summed E-state index contributed by atoms with van der Waals surface area (Å²) >= 11 is 3.53. The highest BCUT2D eigenvalue weighted by Gasteiger charge is 2.42. The molecule has 0 N–H and O–H groups in total. The van der Waals surface area contributed by atoms with Gasteiger partial charge in [0.1, 0.15) is 6.61 Å². The van der Waals surface area contributed by atoms with Gasteiger partial charge in [0.05, 0.1) is 6.04 Å². The van der Waals surface area contributed by atoms with Crippen LogP contribution in [0, 0.1) is 11.8 Å². The van der Waals surface area contributed by atoms with Gasteiger partial charge in [0, 0.05) is 10.7 Å². The predicted octanol–water partition coefficient (Wildman–Crippen LogP) is 3.19. The molecular weight excluding hydrogens is 298 g/mol. The first-order valence-corrected chi connectivity index (χ1v) is 7.45. The minimum Gasteiger partial charge on any atom is -0.447 e. The molecule has 4 nitrogen and oxygen atoms in total. The van der Waals surface area contributed by atoms with Crippen LogP contribution in [0.1, 0.15) is 40.5 Å². The van der Waals surface area contributed by atoms with Gasteiger partial charge in [0.25, 0.3) is 0 Å². The molecule has 104 valence electrons. The van der Waals surface area contributed by atoms with Crippen LogP contribution >= 0.6 is 15.9 Å². The molecule has 0 aromatic rings. The van der Waals surface area contributed by atoms with Crippen molar-refractivity contribution in [1.82, 2.24) is 4.90 Å². The number of hydrogen-bond acceptors (Lipinski definition) is 3. The van der Waals surface area contributed by atoms with Gasteiger partial charge in [-0.2, -0.15) is 0 Å². The highest BCUT2D eigenvalue weighted by atomic mass is 79.9. The van der Waals surface area contributed by atoms with Gasteiger partial charge >= 0.3 is 6.09 Å². The van der Waals surface area contributed by atoms with Gasteiger partial charge in [-0.1, -0.05) is 50.0 Å². The third-order valence-corrected chi connectivity index (χ3v) is 4.66. The van der Waals surface area contributed by atoms with E-state index < -0.39 is 6.09 Å². The molecule has 0 saturated carbocycles. The SMILES string of the molecule is CCC[C@H](Br)[C@H](C)C(=O)N1C(=O)OC[C@@H]1C(C)C. The van der Waals surface area contributed by atoms with Crippen molar-refractivity contribution in [2.45, 2.75) is 51.4 Å². The number of alkyl halides is 1. The average Bonchev–Trinajstić information content (AvgIpc) is 2.69. The summed E-state index contributed by atoms with van der Waals surface area (Å²) < 4.78 is 5.00. The molecule has 2 amide bonds. The van der Waals surface area contributed by atoms with Gasteiger partial charge in [-0.05, 0) is 12.3 Å². The van der Waals surface area contributed by atoms with E-state index in [-0.39, 0.29) is 28.6 Å². The lowest BCUT2D eigenvalue weighted by atomic mass is 9.99. The highest BCUT2D eigenvalue weighted by Crippen LogP contribution is 2.26. The molecule has 0 aromatic heterocycles. The van der Waals surface area contributed by atoms with Crippen LogP contribution in [-0.2, 0) is 9.53 Å². The van der Waals surface area contributed by atoms with Gasteiger partial charge in [-0.15, -0.1) is 0 Å². The predicted molar refractivity (Wildman–Crippen MR) is 73.6 cm³/mol. The molecule has 1 saturated heterocycles. The number of halogens is 1. The summed E-state index contributed by atoms with van der Waals surface area (Å²) in [5, 5.41) is 0. The summed E-state index contributed by atoms with van der Waals surface area (Å²) in [7, 11) is 0. The Morgan fingerprint density at radius 2 is 2.11 bits per heavy atom. The Balaban J connectivity index is 2.77. The Hall–Kier alpha value is -0.580. The number of ether oxygens (including phenoxy) is 1. The van der Waals surface area contributed by atoms with Crippen molar-refractivity contribution < 1.29 is 14.3 Å². The molecule has 1 rings (SSSR count). The maximum atomic E-state index is 12.4. The van der Waals surface area contributed by atoms with Crippen LogP contribution in [0.4, 0.5) is 4.79 Å². The summed E-state index contributed by atoms with van der Waals surface area (Å²) in [5.41, 5.74) is 0. The molecule has 0 aliphatic carbocycles. The average molecular weight is 320 g/mol. The van der Waals surface area contributed by atoms with E-state index in [1.165, 1.54) is 4.90 Å². The van der Waals surface area contributed by atoms with Crippen molar-refractivity contribution in [2.24, 2.45) is 11.8 Å². The second-order valence-electron chi connectivity index (χ2n) is 5.19. The lowest BCUT2D eigenvalue weighted by Gasteiger charge is -2.27. The van der Waals surface area contributed by atoms with Crippen LogP contribution in [0.25, 0.3) is 0 Å². The van der Waals surface area contributed by atoms with E-state index in [0.29, 0.717) is 6.61 Å². The van der Waals surface area contributed by atoms with Crippen molar-refractivity contribution in [3.8, 4) is 0 Å². The van der Waals surface area contributed by atoms with Crippen LogP contribution in [0.15, 0.2) is 0 Å². The molecule has 0 radical (unpaired) electrons. The zero-order valence-corrected chi connectivity index (χ0v) is 13.1. The maximum absolute atomic E-state index is 12.4. The summed E-state index contributed by atoms with van der Waals surface area (Å²) in [6.07, 6.45) is 1.43. The molecule has 0 spiro atoms. The molecule has 1 aliphatic heterocycles. The molecule has 5 heteroatoms. The minimum atomic E-state index is -0.498. The first-order chi connectivity index (χ1) is 8.40. The van der Waals surface area contributed by atoms with Gasteiger partial charge in [-0.3, -0.25) is 4.79 Å². The topological polar surface area (TPSA) is 46.6 Å². The molecule has 1 aliphatic rings. The van der Waals surface area contributed by atoms with Gasteiger partial charge in [0.15, 0.2) is 0 Å². The lowest BCUT2D eigenvalue weighted by molar-refractivity contribution is -0.133. The minimum absolute atomic E-state index is 0.108. The van der Waals surface area contributed by atoms with E-state index in [4.69, 9.17) is 4.74 Å². The summed E-state index contributed by atoms with van der Waals surface area (Å²) in [6.45, 7) is 8.24. The normalized spacial score (nSPS) is 23.1. The quantitative estimate of drug-likeness (QED) is 0.731. The Morgan fingerprint density at radius 3 is 2.61 bits per heavy atom. The molecular formula is C13H22BrNO3. The molecule has 0 aromatic carbocycles. The van der Waals surface area contributed by atoms with E-state index in [0.717, 1.165) is 12.8 Å². The van der Waals surface area contributed by atoms with Crippen LogP contribution in [0.5, 0.6) is 0 Å². The zero-order valence-electron chi connectivity index (χ0n) is 11.5. The highest BCUT2D eigenvalue weighted by molar-refractivity contribution is 9.09. The second kappa shape index (κ2) is 6.55. The van der Waals surface area contributed by atoms with Crippen LogP contribution in [0.2, 0.25) is 0 Å². The van der Waals surface area contributed by atoms with E-state index in [1.54, 1.807) is 0 Å². The largest absolute Gasteiger partial charge is 0.447 e. The number of imide groups is 1. The van der Waals surface area contributed by atoms with Crippen molar-refractivity contribution in [3.63, 3.8) is 0 Å². The number of hydrogen-bond donors (Lipinski definition) is 0. The Bertz CT molecular complexity index is 319. The van der Waals surface area contributed by atoms with Crippen molar-refractivity contribution >= 4 is 27.9 Å². The molecule has 3 atom stereocenters. The fraction of sp³-hybridized carbons (Fsp3) is 0.846. The van der Waals surface area contributed by atoms with Crippen molar-refractivity contribution in [3.05, 3.63) is 0 Å². The van der Waals surface area contributed by atoms with E-state index in [1.807, 2.05) is 20.8 Å². The standard InChI is InChI=1S/C13H22BrNO3/c1-5-6-10(14)9(4)12(16)15-11(8(2)3)7-18-13(15)17/h8-11H,5-7H2,1-4H3/t9-,10-,11+/m0/s1.